The molecule has 0 bridgehead atoms. The topological polar surface area (TPSA) is 37.4 Å². The Bertz CT molecular complexity index is 802. The summed E-state index contributed by atoms with van der Waals surface area (Å²) >= 11 is 13.7. The number of benzene rings is 2. The molecule has 0 aliphatic rings. The molecule has 0 saturated carbocycles. The lowest BCUT2D eigenvalue weighted by Gasteiger charge is -2.06. The quantitative estimate of drug-likeness (QED) is 0.388. The van der Waals surface area contributed by atoms with Crippen molar-refractivity contribution < 1.29 is 9.59 Å². The van der Waals surface area contributed by atoms with Crippen molar-refractivity contribution in [1.82, 2.24) is 4.90 Å². The van der Waals surface area contributed by atoms with Crippen LogP contribution in [-0.2, 0) is 10.5 Å². The van der Waals surface area contributed by atoms with E-state index in [0.29, 0.717) is 21.4 Å². The Kier molecular flexibility index (Phi) is 7.12. The van der Waals surface area contributed by atoms with Crippen molar-refractivity contribution in [2.24, 2.45) is 0 Å². The van der Waals surface area contributed by atoms with Gasteiger partial charge in [0.2, 0.25) is 5.91 Å². The fourth-order valence-electron chi connectivity index (χ4n) is 1.91. The number of thioether (sulfide) groups is 1. The van der Waals surface area contributed by atoms with Crippen LogP contribution < -0.4 is 0 Å². The number of rotatable bonds is 6. The van der Waals surface area contributed by atoms with Gasteiger partial charge in [0.05, 0.1) is 0 Å². The van der Waals surface area contributed by atoms with Crippen molar-refractivity contribution in [2.75, 3.05) is 14.1 Å². The van der Waals surface area contributed by atoms with Gasteiger partial charge in [0.1, 0.15) is 0 Å². The number of carbonyl (C=O) groups excluding carboxylic acids is 2. The molecule has 0 fully saturated rings. The highest BCUT2D eigenvalue weighted by atomic mass is 35.5. The standard InChI is InChI=1S/C19H17Cl2NO2S/c1-22(2)19(24)10-9-18(23)13-4-7-16(8-5-13)25-12-14-3-6-15(20)11-17(14)21/h3-11H,12H2,1-2H3/b10-9+. The van der Waals surface area contributed by atoms with Crippen molar-refractivity contribution in [3.63, 3.8) is 0 Å². The number of hydrogen-bond donors (Lipinski definition) is 0. The van der Waals surface area contributed by atoms with Crippen molar-refractivity contribution in [3.05, 3.63) is 75.8 Å². The number of carbonyl (C=O) groups is 2. The molecule has 0 heterocycles. The molecular formula is C19H17Cl2NO2S. The monoisotopic (exact) mass is 393 g/mol. The first-order valence-electron chi connectivity index (χ1n) is 7.47. The Morgan fingerprint density at radius 1 is 1.04 bits per heavy atom. The van der Waals surface area contributed by atoms with E-state index >= 15 is 0 Å². The Hall–Kier alpha value is -1.75. The molecule has 1 amide bonds. The predicted molar refractivity (Wildman–Crippen MR) is 105 cm³/mol. The highest BCUT2D eigenvalue weighted by molar-refractivity contribution is 7.98. The second-order valence-electron chi connectivity index (χ2n) is 5.48. The summed E-state index contributed by atoms with van der Waals surface area (Å²) in [5.41, 5.74) is 1.54. The Labute approximate surface area is 161 Å². The summed E-state index contributed by atoms with van der Waals surface area (Å²) in [4.78, 5) is 25.9. The Balaban J connectivity index is 1.97. The van der Waals surface area contributed by atoms with Gasteiger partial charge in [0.15, 0.2) is 5.78 Å². The zero-order valence-electron chi connectivity index (χ0n) is 13.8. The maximum atomic E-state index is 12.0. The van der Waals surface area contributed by atoms with Crippen molar-refractivity contribution in [1.29, 1.82) is 0 Å². The fourth-order valence-corrected chi connectivity index (χ4v) is 3.36. The largest absolute Gasteiger partial charge is 0.345 e. The zero-order valence-corrected chi connectivity index (χ0v) is 16.2. The number of amides is 1. The van der Waals surface area contributed by atoms with Crippen LogP contribution in [0.3, 0.4) is 0 Å². The maximum Gasteiger partial charge on any atom is 0.246 e. The average molecular weight is 394 g/mol. The average Bonchev–Trinajstić information content (AvgIpc) is 2.59. The molecule has 25 heavy (non-hydrogen) atoms. The third kappa shape index (κ3) is 5.92. The molecule has 130 valence electrons. The Morgan fingerprint density at radius 3 is 2.32 bits per heavy atom. The van der Waals surface area contributed by atoms with E-state index in [1.807, 2.05) is 24.3 Å². The summed E-state index contributed by atoms with van der Waals surface area (Å²) in [6.07, 6.45) is 2.56. The highest BCUT2D eigenvalue weighted by Gasteiger charge is 2.06. The van der Waals surface area contributed by atoms with Crippen LogP contribution in [0.4, 0.5) is 0 Å². The maximum absolute atomic E-state index is 12.0. The van der Waals surface area contributed by atoms with E-state index in [2.05, 4.69) is 0 Å². The number of halogens is 2. The molecule has 2 aromatic rings. The summed E-state index contributed by atoms with van der Waals surface area (Å²) in [5.74, 6) is 0.286. The van der Waals surface area contributed by atoms with Gasteiger partial charge < -0.3 is 4.90 Å². The van der Waals surface area contributed by atoms with Crippen LogP contribution >= 0.6 is 35.0 Å². The van der Waals surface area contributed by atoms with E-state index in [1.165, 1.54) is 17.1 Å². The van der Waals surface area contributed by atoms with Crippen LogP contribution in [0.2, 0.25) is 10.0 Å². The first-order chi connectivity index (χ1) is 11.9. The summed E-state index contributed by atoms with van der Waals surface area (Å²) in [5, 5.41) is 1.25. The molecule has 0 aromatic heterocycles. The SMILES string of the molecule is CN(C)C(=O)/C=C/C(=O)c1ccc(SCc2ccc(Cl)cc2Cl)cc1. The molecule has 0 radical (unpaired) electrons. The fraction of sp³-hybridized carbons (Fsp3) is 0.158. The highest BCUT2D eigenvalue weighted by Crippen LogP contribution is 2.28. The van der Waals surface area contributed by atoms with Gasteiger partial charge in [-0.1, -0.05) is 29.3 Å². The van der Waals surface area contributed by atoms with Gasteiger partial charge >= 0.3 is 0 Å². The smallest absolute Gasteiger partial charge is 0.246 e. The van der Waals surface area contributed by atoms with Crippen LogP contribution in [0.25, 0.3) is 0 Å². The molecule has 6 heteroatoms. The summed E-state index contributed by atoms with van der Waals surface area (Å²) in [6, 6.07) is 12.7. The number of allylic oxidation sites excluding steroid dienone is 1. The molecule has 0 spiro atoms. The van der Waals surface area contributed by atoms with Crippen molar-refractivity contribution >= 4 is 46.7 Å². The number of hydrogen-bond acceptors (Lipinski definition) is 3. The lowest BCUT2D eigenvalue weighted by molar-refractivity contribution is -0.123. The third-order valence-electron chi connectivity index (χ3n) is 3.37. The minimum Gasteiger partial charge on any atom is -0.345 e. The number of likely N-dealkylation sites (N-methyl/N-ethyl adjacent to an activating group) is 1. The van der Waals surface area contributed by atoms with Crippen LogP contribution in [0.15, 0.2) is 59.5 Å². The van der Waals surface area contributed by atoms with Gasteiger partial charge in [-0.3, -0.25) is 9.59 Å². The molecule has 2 aromatic carbocycles. The van der Waals surface area contributed by atoms with Crippen LogP contribution in [0.1, 0.15) is 15.9 Å². The van der Waals surface area contributed by atoms with Gasteiger partial charge in [0, 0.05) is 46.4 Å². The van der Waals surface area contributed by atoms with E-state index in [1.54, 1.807) is 44.1 Å². The van der Waals surface area contributed by atoms with Gasteiger partial charge in [-0.25, -0.2) is 0 Å². The molecular weight excluding hydrogens is 377 g/mol. The molecule has 2 rings (SSSR count). The van der Waals surface area contributed by atoms with E-state index in [9.17, 15) is 9.59 Å². The van der Waals surface area contributed by atoms with Gasteiger partial charge in [-0.2, -0.15) is 0 Å². The van der Waals surface area contributed by atoms with Gasteiger partial charge in [0.25, 0.3) is 0 Å². The zero-order chi connectivity index (χ0) is 18.4. The van der Waals surface area contributed by atoms with E-state index in [-0.39, 0.29) is 11.7 Å². The molecule has 0 atom stereocenters. The summed E-state index contributed by atoms with van der Waals surface area (Å²) in [7, 11) is 3.27. The predicted octanol–water partition coefficient (Wildman–Crippen LogP) is 5.11. The lowest BCUT2D eigenvalue weighted by atomic mass is 10.1. The molecule has 0 unspecified atom stereocenters. The van der Waals surface area contributed by atoms with Crippen LogP contribution in [0.5, 0.6) is 0 Å². The Morgan fingerprint density at radius 2 is 1.72 bits per heavy atom. The van der Waals surface area contributed by atoms with E-state index in [0.717, 1.165) is 10.5 Å². The molecule has 3 nitrogen and oxygen atoms in total. The van der Waals surface area contributed by atoms with Crippen LogP contribution in [0, 0.1) is 0 Å². The van der Waals surface area contributed by atoms with Crippen molar-refractivity contribution in [3.8, 4) is 0 Å². The normalized spacial score (nSPS) is 10.9. The summed E-state index contributed by atoms with van der Waals surface area (Å²) < 4.78 is 0. The van der Waals surface area contributed by atoms with Crippen LogP contribution in [-0.4, -0.2) is 30.7 Å². The minimum atomic E-state index is -0.222. The first kappa shape index (κ1) is 19.6. The molecule has 0 N–H and O–H groups in total. The number of ketones is 1. The van der Waals surface area contributed by atoms with Crippen molar-refractivity contribution in [2.45, 2.75) is 10.6 Å². The minimum absolute atomic E-state index is 0.201. The second-order valence-corrected chi connectivity index (χ2v) is 7.37. The molecule has 0 saturated heterocycles. The molecule has 0 aliphatic carbocycles. The van der Waals surface area contributed by atoms with E-state index in [4.69, 9.17) is 23.2 Å². The van der Waals surface area contributed by atoms with E-state index < -0.39 is 0 Å². The lowest BCUT2D eigenvalue weighted by Crippen LogP contribution is -2.19. The number of nitrogens with zero attached hydrogens (tertiary/aromatic N) is 1. The van der Waals surface area contributed by atoms with Gasteiger partial charge in [-0.15, -0.1) is 11.8 Å². The second kappa shape index (κ2) is 9.09. The van der Waals surface area contributed by atoms with Gasteiger partial charge in [-0.05, 0) is 48.0 Å². The third-order valence-corrected chi connectivity index (χ3v) is 5.01. The summed E-state index contributed by atoms with van der Waals surface area (Å²) in [6.45, 7) is 0. The molecule has 0 aliphatic heterocycles. The first-order valence-corrected chi connectivity index (χ1v) is 9.21.